The summed E-state index contributed by atoms with van der Waals surface area (Å²) in [5.74, 6) is 1.07. The molecule has 1 aliphatic rings. The molecule has 200 valence electrons. The maximum Gasteiger partial charge on any atom is 0.136 e. The van der Waals surface area contributed by atoms with Gasteiger partial charge in [-0.15, -0.1) is 0 Å². The number of hydrogen-bond acceptors (Lipinski definition) is 2. The highest BCUT2D eigenvalue weighted by Gasteiger charge is 2.40. The molecule has 1 aromatic carbocycles. The summed E-state index contributed by atoms with van der Waals surface area (Å²) in [6, 6.07) is 9.53. The van der Waals surface area contributed by atoms with Gasteiger partial charge in [0.2, 0.25) is 0 Å². The van der Waals surface area contributed by atoms with Gasteiger partial charge in [0.15, 0.2) is 0 Å². The Balaban J connectivity index is 1.72. The van der Waals surface area contributed by atoms with Gasteiger partial charge in [-0.25, -0.2) is 4.39 Å². The van der Waals surface area contributed by atoms with Crippen LogP contribution in [0.5, 0.6) is 5.75 Å². The first-order valence-electron chi connectivity index (χ1n) is 15.0. The van der Waals surface area contributed by atoms with Crippen LogP contribution >= 0.6 is 0 Å². The monoisotopic (exact) mass is 495 g/mol. The number of benzene rings is 1. The van der Waals surface area contributed by atoms with Crippen LogP contribution in [0.1, 0.15) is 129 Å². The Bertz CT molecular complexity index is 872. The molecule has 1 saturated carbocycles. The molecule has 1 unspecified atom stereocenters. The molecule has 2 nitrogen and oxygen atoms in total. The van der Waals surface area contributed by atoms with Crippen LogP contribution in [0.25, 0.3) is 11.3 Å². The van der Waals surface area contributed by atoms with Crippen LogP contribution < -0.4 is 4.74 Å². The number of pyridine rings is 1. The van der Waals surface area contributed by atoms with E-state index >= 15 is 4.39 Å². The van der Waals surface area contributed by atoms with Gasteiger partial charge < -0.3 is 4.74 Å². The fourth-order valence-corrected chi connectivity index (χ4v) is 6.34. The Morgan fingerprint density at radius 1 is 0.833 bits per heavy atom. The molecule has 1 heterocycles. The summed E-state index contributed by atoms with van der Waals surface area (Å²) in [6.45, 7) is 7.48. The number of rotatable bonds is 16. The van der Waals surface area contributed by atoms with Crippen LogP contribution in [0.15, 0.2) is 36.5 Å². The summed E-state index contributed by atoms with van der Waals surface area (Å²) < 4.78 is 20.8. The average Bonchev–Trinajstić information content (AvgIpc) is 2.91. The minimum absolute atomic E-state index is 0.237. The Morgan fingerprint density at radius 3 is 2.25 bits per heavy atom. The molecule has 3 heteroatoms. The predicted molar refractivity (Wildman–Crippen MR) is 151 cm³/mol. The number of ether oxygens (including phenoxy) is 1. The molecule has 1 atom stereocenters. The van der Waals surface area contributed by atoms with Gasteiger partial charge in [0.1, 0.15) is 11.6 Å². The second kappa shape index (κ2) is 15.4. The fourth-order valence-electron chi connectivity index (χ4n) is 6.34. The van der Waals surface area contributed by atoms with Crippen LogP contribution in [0, 0.1) is 11.7 Å². The SMILES string of the molecule is CCCCCCCOc1ccc(-c2ccc(C3(C(CCC)CCCCC)CCCCC3)cn2)c(F)c1. The molecule has 0 bridgehead atoms. The molecule has 0 amide bonds. The van der Waals surface area contributed by atoms with E-state index in [1.165, 1.54) is 108 Å². The molecule has 0 spiro atoms. The van der Waals surface area contributed by atoms with Crippen molar-refractivity contribution in [2.45, 2.75) is 129 Å². The zero-order valence-corrected chi connectivity index (χ0v) is 23.3. The quantitative estimate of drug-likeness (QED) is 0.216. The van der Waals surface area contributed by atoms with E-state index in [0.717, 1.165) is 12.3 Å². The van der Waals surface area contributed by atoms with Gasteiger partial charge in [0.05, 0.1) is 12.3 Å². The molecule has 1 fully saturated rings. The van der Waals surface area contributed by atoms with Crippen molar-refractivity contribution in [2.75, 3.05) is 6.61 Å². The van der Waals surface area contributed by atoms with Crippen molar-refractivity contribution in [3.63, 3.8) is 0 Å². The Morgan fingerprint density at radius 2 is 1.58 bits per heavy atom. The molecule has 3 rings (SSSR count). The highest BCUT2D eigenvalue weighted by molar-refractivity contribution is 5.61. The lowest BCUT2D eigenvalue weighted by atomic mass is 9.60. The van der Waals surface area contributed by atoms with Crippen LogP contribution in [0.3, 0.4) is 0 Å². The third kappa shape index (κ3) is 7.80. The summed E-state index contributed by atoms with van der Waals surface area (Å²) in [4.78, 5) is 4.82. The molecule has 0 radical (unpaired) electrons. The molecule has 1 aliphatic carbocycles. The molecule has 0 aliphatic heterocycles. The van der Waals surface area contributed by atoms with E-state index in [9.17, 15) is 0 Å². The second-order valence-corrected chi connectivity index (χ2v) is 11.0. The van der Waals surface area contributed by atoms with Gasteiger partial charge >= 0.3 is 0 Å². The van der Waals surface area contributed by atoms with Crippen molar-refractivity contribution < 1.29 is 9.13 Å². The number of halogens is 1. The van der Waals surface area contributed by atoms with Crippen molar-refractivity contribution in [1.82, 2.24) is 4.98 Å². The van der Waals surface area contributed by atoms with E-state index in [2.05, 4.69) is 33.0 Å². The highest BCUT2D eigenvalue weighted by Crippen LogP contribution is 2.48. The van der Waals surface area contributed by atoms with E-state index in [0.29, 0.717) is 23.6 Å². The Kier molecular flexibility index (Phi) is 12.2. The molecule has 1 aromatic heterocycles. The lowest BCUT2D eigenvalue weighted by Gasteiger charge is -2.44. The van der Waals surface area contributed by atoms with Gasteiger partial charge in [-0.3, -0.25) is 4.98 Å². The molecular weight excluding hydrogens is 445 g/mol. The first kappa shape index (κ1) is 28.7. The van der Waals surface area contributed by atoms with E-state index in [1.807, 2.05) is 18.2 Å². The van der Waals surface area contributed by atoms with Gasteiger partial charge in [-0.1, -0.05) is 97.5 Å². The largest absolute Gasteiger partial charge is 0.493 e. The maximum atomic E-state index is 15.0. The minimum Gasteiger partial charge on any atom is -0.493 e. The first-order chi connectivity index (χ1) is 17.6. The minimum atomic E-state index is -0.255. The number of nitrogens with zero attached hydrogens (tertiary/aromatic N) is 1. The Hall–Kier alpha value is -1.90. The fraction of sp³-hybridized carbons (Fsp3) is 0.667. The first-order valence-corrected chi connectivity index (χ1v) is 15.0. The summed E-state index contributed by atoms with van der Waals surface area (Å²) in [7, 11) is 0. The molecule has 36 heavy (non-hydrogen) atoms. The van der Waals surface area contributed by atoms with E-state index in [4.69, 9.17) is 9.72 Å². The molecule has 0 N–H and O–H groups in total. The summed E-state index contributed by atoms with van der Waals surface area (Å²) in [5, 5.41) is 0. The summed E-state index contributed by atoms with van der Waals surface area (Å²) in [5.41, 5.74) is 2.89. The molecule has 2 aromatic rings. The van der Waals surface area contributed by atoms with Crippen molar-refractivity contribution in [2.24, 2.45) is 5.92 Å². The molecular formula is C33H50FNO. The molecule has 0 saturated heterocycles. The van der Waals surface area contributed by atoms with Gasteiger partial charge in [-0.05, 0) is 67.2 Å². The average molecular weight is 496 g/mol. The van der Waals surface area contributed by atoms with E-state index < -0.39 is 0 Å². The van der Waals surface area contributed by atoms with Crippen molar-refractivity contribution in [3.05, 3.63) is 47.9 Å². The second-order valence-electron chi connectivity index (χ2n) is 11.0. The van der Waals surface area contributed by atoms with Crippen molar-refractivity contribution in [3.8, 4) is 17.0 Å². The van der Waals surface area contributed by atoms with E-state index in [-0.39, 0.29) is 11.2 Å². The Labute approximate surface area is 220 Å². The predicted octanol–water partition coefficient (Wildman–Crippen LogP) is 10.4. The van der Waals surface area contributed by atoms with Gasteiger partial charge in [-0.2, -0.15) is 0 Å². The van der Waals surface area contributed by atoms with Crippen LogP contribution in [-0.2, 0) is 5.41 Å². The topological polar surface area (TPSA) is 22.1 Å². The standard InChI is InChI=1S/C33H50FNO/c1-4-7-9-10-15-24-36-29-19-20-30(31(34)25-29)32-21-18-28(26-35-32)33(22-13-11-14-23-33)27(16-6-3)17-12-8-5-2/h18-21,25-27H,4-17,22-24H2,1-3H3. The normalized spacial score (nSPS) is 16.1. The van der Waals surface area contributed by atoms with E-state index in [1.54, 1.807) is 0 Å². The van der Waals surface area contributed by atoms with Crippen LogP contribution in [0.2, 0.25) is 0 Å². The van der Waals surface area contributed by atoms with Gasteiger partial charge in [0, 0.05) is 17.8 Å². The number of hydrogen-bond donors (Lipinski definition) is 0. The lowest BCUT2D eigenvalue weighted by Crippen LogP contribution is -2.37. The zero-order valence-electron chi connectivity index (χ0n) is 23.3. The van der Waals surface area contributed by atoms with Crippen molar-refractivity contribution >= 4 is 0 Å². The third-order valence-electron chi connectivity index (χ3n) is 8.39. The third-order valence-corrected chi connectivity index (χ3v) is 8.39. The van der Waals surface area contributed by atoms with Gasteiger partial charge in [0.25, 0.3) is 0 Å². The summed E-state index contributed by atoms with van der Waals surface area (Å²) >= 11 is 0. The lowest BCUT2D eigenvalue weighted by molar-refractivity contribution is 0.165. The zero-order chi connectivity index (χ0) is 25.6. The number of aromatic nitrogens is 1. The van der Waals surface area contributed by atoms with Crippen LogP contribution in [0.4, 0.5) is 4.39 Å². The van der Waals surface area contributed by atoms with Crippen LogP contribution in [-0.4, -0.2) is 11.6 Å². The maximum absolute atomic E-state index is 15.0. The smallest absolute Gasteiger partial charge is 0.136 e. The highest BCUT2D eigenvalue weighted by atomic mass is 19.1. The number of unbranched alkanes of at least 4 members (excludes halogenated alkanes) is 6. The summed E-state index contributed by atoms with van der Waals surface area (Å²) in [6.07, 6.45) is 22.3. The van der Waals surface area contributed by atoms with Crippen molar-refractivity contribution in [1.29, 1.82) is 0 Å².